The molecule has 3 aromatic rings. The van der Waals surface area contributed by atoms with E-state index in [0.717, 1.165) is 17.7 Å². The normalized spacial score (nSPS) is 11.6. The van der Waals surface area contributed by atoms with E-state index in [0.29, 0.717) is 5.75 Å². The Kier molecular flexibility index (Phi) is 5.64. The summed E-state index contributed by atoms with van der Waals surface area (Å²) in [6.07, 6.45) is 3.84. The molecule has 2 aromatic carbocycles. The van der Waals surface area contributed by atoms with E-state index in [4.69, 9.17) is 4.74 Å². The molecule has 0 saturated carbocycles. The molecule has 0 fully saturated rings. The number of hydrogen-bond donors (Lipinski definition) is 1. The van der Waals surface area contributed by atoms with E-state index in [1.807, 2.05) is 67.6 Å². The van der Waals surface area contributed by atoms with Crippen LogP contribution in [0.15, 0.2) is 73.1 Å². The lowest BCUT2D eigenvalue weighted by molar-refractivity contribution is -0.122. The highest BCUT2D eigenvalue weighted by Crippen LogP contribution is 2.16. The molecule has 3 rings (SSSR count). The molecule has 1 unspecified atom stereocenters. The van der Waals surface area contributed by atoms with E-state index in [2.05, 4.69) is 10.3 Å². The third-order valence-corrected chi connectivity index (χ3v) is 4.05. The van der Waals surface area contributed by atoms with Crippen LogP contribution in [0.25, 0.3) is 0 Å². The summed E-state index contributed by atoms with van der Waals surface area (Å²) in [6, 6.07) is 19.5. The van der Waals surface area contributed by atoms with Crippen molar-refractivity contribution in [3.05, 3.63) is 89.7 Å². The molecule has 4 nitrogen and oxygen atoms in total. The molecule has 1 amide bonds. The molecule has 1 aromatic heterocycles. The SMILES string of the molecule is Cc1cccc(OC(C)C(=O)Nc2ccc(Cc3ccncc3)cc2)c1. The molecule has 0 radical (unpaired) electrons. The molecule has 1 heterocycles. The molecule has 0 aliphatic heterocycles. The average Bonchev–Trinajstić information content (AvgIpc) is 2.64. The van der Waals surface area contributed by atoms with Gasteiger partial charge >= 0.3 is 0 Å². The average molecular weight is 346 g/mol. The smallest absolute Gasteiger partial charge is 0.265 e. The highest BCUT2D eigenvalue weighted by molar-refractivity contribution is 5.94. The van der Waals surface area contributed by atoms with E-state index in [1.54, 1.807) is 19.3 Å². The van der Waals surface area contributed by atoms with Gasteiger partial charge in [0, 0.05) is 18.1 Å². The quantitative estimate of drug-likeness (QED) is 0.720. The first-order chi connectivity index (χ1) is 12.6. The second kappa shape index (κ2) is 8.30. The number of aryl methyl sites for hydroxylation is 1. The fourth-order valence-electron chi connectivity index (χ4n) is 2.63. The molecule has 0 bridgehead atoms. The van der Waals surface area contributed by atoms with E-state index >= 15 is 0 Å². The van der Waals surface area contributed by atoms with Crippen LogP contribution in [-0.2, 0) is 11.2 Å². The second-order valence-corrected chi connectivity index (χ2v) is 6.29. The van der Waals surface area contributed by atoms with Gasteiger partial charge in [0.1, 0.15) is 5.75 Å². The zero-order valence-corrected chi connectivity index (χ0v) is 15.0. The van der Waals surface area contributed by atoms with Gasteiger partial charge in [-0.15, -0.1) is 0 Å². The number of carbonyl (C=O) groups is 1. The van der Waals surface area contributed by atoms with Gasteiger partial charge in [0.15, 0.2) is 6.10 Å². The standard InChI is InChI=1S/C22H22N2O2/c1-16-4-3-5-21(14-16)26-17(2)22(25)24-20-8-6-18(7-9-20)15-19-10-12-23-13-11-19/h3-14,17H,15H2,1-2H3,(H,24,25). The van der Waals surface area contributed by atoms with Crippen molar-refractivity contribution in [1.82, 2.24) is 4.98 Å². The lowest BCUT2D eigenvalue weighted by atomic mass is 10.1. The Morgan fingerprint density at radius 3 is 2.42 bits per heavy atom. The third-order valence-electron chi connectivity index (χ3n) is 4.05. The molecule has 0 spiro atoms. The summed E-state index contributed by atoms with van der Waals surface area (Å²) in [5.41, 5.74) is 4.24. The Morgan fingerprint density at radius 2 is 1.73 bits per heavy atom. The summed E-state index contributed by atoms with van der Waals surface area (Å²) in [6.45, 7) is 3.74. The van der Waals surface area contributed by atoms with Gasteiger partial charge in [0.2, 0.25) is 0 Å². The summed E-state index contributed by atoms with van der Waals surface area (Å²) >= 11 is 0. The number of amides is 1. The number of aromatic nitrogens is 1. The molecule has 1 N–H and O–H groups in total. The first-order valence-corrected chi connectivity index (χ1v) is 8.62. The number of ether oxygens (including phenoxy) is 1. The third kappa shape index (κ3) is 4.93. The van der Waals surface area contributed by atoms with Crippen LogP contribution in [-0.4, -0.2) is 17.0 Å². The van der Waals surface area contributed by atoms with Gasteiger partial charge in [0.05, 0.1) is 0 Å². The van der Waals surface area contributed by atoms with Gasteiger partial charge in [0.25, 0.3) is 5.91 Å². The number of nitrogens with zero attached hydrogens (tertiary/aromatic N) is 1. The first kappa shape index (κ1) is 17.7. The molecule has 0 saturated heterocycles. The Morgan fingerprint density at radius 1 is 1.04 bits per heavy atom. The zero-order chi connectivity index (χ0) is 18.4. The molecular formula is C22H22N2O2. The lowest BCUT2D eigenvalue weighted by Gasteiger charge is -2.15. The number of carbonyl (C=O) groups excluding carboxylic acids is 1. The number of rotatable bonds is 6. The highest BCUT2D eigenvalue weighted by atomic mass is 16.5. The van der Waals surface area contributed by atoms with Gasteiger partial charge < -0.3 is 10.1 Å². The Hall–Kier alpha value is -3.14. The van der Waals surface area contributed by atoms with E-state index < -0.39 is 6.10 Å². The van der Waals surface area contributed by atoms with Crippen LogP contribution < -0.4 is 10.1 Å². The van der Waals surface area contributed by atoms with Crippen molar-refractivity contribution < 1.29 is 9.53 Å². The number of benzene rings is 2. The minimum atomic E-state index is -0.576. The van der Waals surface area contributed by atoms with Crippen molar-refractivity contribution in [3.63, 3.8) is 0 Å². The van der Waals surface area contributed by atoms with Gasteiger partial charge in [-0.2, -0.15) is 0 Å². The predicted molar refractivity (Wildman–Crippen MR) is 103 cm³/mol. The van der Waals surface area contributed by atoms with Crippen molar-refractivity contribution in [3.8, 4) is 5.75 Å². The number of pyridine rings is 1. The van der Waals surface area contributed by atoms with E-state index in [9.17, 15) is 4.79 Å². The minimum absolute atomic E-state index is 0.173. The summed E-state index contributed by atoms with van der Waals surface area (Å²) in [7, 11) is 0. The summed E-state index contributed by atoms with van der Waals surface area (Å²) in [5, 5.41) is 2.89. The van der Waals surface area contributed by atoms with Gasteiger partial charge in [-0.3, -0.25) is 9.78 Å². The van der Waals surface area contributed by atoms with Crippen LogP contribution >= 0.6 is 0 Å². The lowest BCUT2D eigenvalue weighted by Crippen LogP contribution is -2.30. The maximum absolute atomic E-state index is 12.3. The van der Waals surface area contributed by atoms with Crippen molar-refractivity contribution in [2.45, 2.75) is 26.4 Å². The van der Waals surface area contributed by atoms with Gasteiger partial charge in [-0.05, 0) is 73.4 Å². The largest absolute Gasteiger partial charge is 0.481 e. The Balaban J connectivity index is 1.57. The van der Waals surface area contributed by atoms with Crippen LogP contribution in [0, 0.1) is 6.92 Å². The van der Waals surface area contributed by atoms with Crippen molar-refractivity contribution >= 4 is 11.6 Å². The Labute approximate surface area is 153 Å². The molecule has 0 aliphatic rings. The first-order valence-electron chi connectivity index (χ1n) is 8.62. The maximum atomic E-state index is 12.3. The zero-order valence-electron chi connectivity index (χ0n) is 15.0. The Bertz CT molecular complexity index is 861. The monoisotopic (exact) mass is 346 g/mol. The van der Waals surface area contributed by atoms with Crippen molar-refractivity contribution in [2.75, 3.05) is 5.32 Å². The number of anilines is 1. The highest BCUT2D eigenvalue weighted by Gasteiger charge is 2.15. The van der Waals surface area contributed by atoms with Crippen LogP contribution in [0.3, 0.4) is 0 Å². The molecule has 1 atom stereocenters. The number of nitrogens with one attached hydrogen (secondary N) is 1. The minimum Gasteiger partial charge on any atom is -0.481 e. The molecule has 0 aliphatic carbocycles. The summed E-state index contributed by atoms with van der Waals surface area (Å²) < 4.78 is 5.71. The van der Waals surface area contributed by atoms with Crippen molar-refractivity contribution in [2.24, 2.45) is 0 Å². The van der Waals surface area contributed by atoms with Crippen molar-refractivity contribution in [1.29, 1.82) is 0 Å². The second-order valence-electron chi connectivity index (χ2n) is 6.29. The molecular weight excluding hydrogens is 324 g/mol. The predicted octanol–water partition coefficient (Wildman–Crippen LogP) is 4.39. The molecule has 26 heavy (non-hydrogen) atoms. The fourth-order valence-corrected chi connectivity index (χ4v) is 2.63. The molecule has 4 heteroatoms. The topological polar surface area (TPSA) is 51.2 Å². The van der Waals surface area contributed by atoms with Crippen LogP contribution in [0.2, 0.25) is 0 Å². The fraction of sp³-hybridized carbons (Fsp3) is 0.182. The van der Waals surface area contributed by atoms with Gasteiger partial charge in [-0.25, -0.2) is 0 Å². The number of hydrogen-bond acceptors (Lipinski definition) is 3. The van der Waals surface area contributed by atoms with E-state index in [-0.39, 0.29) is 5.91 Å². The summed E-state index contributed by atoms with van der Waals surface area (Å²) in [5.74, 6) is 0.522. The summed E-state index contributed by atoms with van der Waals surface area (Å²) in [4.78, 5) is 16.4. The van der Waals surface area contributed by atoms with Crippen LogP contribution in [0.4, 0.5) is 5.69 Å². The van der Waals surface area contributed by atoms with E-state index in [1.165, 1.54) is 11.1 Å². The molecule has 132 valence electrons. The van der Waals surface area contributed by atoms with Crippen LogP contribution in [0.1, 0.15) is 23.6 Å². The van der Waals surface area contributed by atoms with Gasteiger partial charge in [-0.1, -0.05) is 24.3 Å². The van der Waals surface area contributed by atoms with Crippen LogP contribution in [0.5, 0.6) is 5.75 Å². The maximum Gasteiger partial charge on any atom is 0.265 e.